The minimum Gasteiger partial charge on any atom is -0.478 e. The normalized spacial score (nSPS) is 11.8. The van der Waals surface area contributed by atoms with Crippen molar-refractivity contribution < 1.29 is 18.3 Å². The lowest BCUT2D eigenvalue weighted by Crippen LogP contribution is -1.95. The SMILES string of the molecule is O=C(O)c1ccc2c(S(=O)(=O)Cl)c[nH]c2c1. The highest BCUT2D eigenvalue weighted by atomic mass is 35.7. The van der Waals surface area contributed by atoms with Crippen molar-refractivity contribution in [3.05, 3.63) is 30.0 Å². The number of halogens is 1. The van der Waals surface area contributed by atoms with Gasteiger partial charge in [-0.25, -0.2) is 13.2 Å². The number of H-pyrrole nitrogens is 1. The van der Waals surface area contributed by atoms with E-state index >= 15 is 0 Å². The third-order valence-corrected chi connectivity index (χ3v) is 3.52. The molecule has 5 nitrogen and oxygen atoms in total. The van der Waals surface area contributed by atoms with E-state index in [1.807, 2.05) is 0 Å². The van der Waals surface area contributed by atoms with E-state index in [9.17, 15) is 13.2 Å². The van der Waals surface area contributed by atoms with Gasteiger partial charge in [-0.05, 0) is 12.1 Å². The molecule has 16 heavy (non-hydrogen) atoms. The molecule has 2 rings (SSSR count). The fraction of sp³-hybridized carbons (Fsp3) is 0. The molecule has 1 aromatic carbocycles. The average molecular weight is 260 g/mol. The summed E-state index contributed by atoms with van der Waals surface area (Å²) in [7, 11) is 1.39. The molecule has 84 valence electrons. The summed E-state index contributed by atoms with van der Waals surface area (Å²) >= 11 is 0. The topological polar surface area (TPSA) is 87.2 Å². The van der Waals surface area contributed by atoms with E-state index in [1.54, 1.807) is 0 Å². The zero-order chi connectivity index (χ0) is 11.9. The highest BCUT2D eigenvalue weighted by molar-refractivity contribution is 8.14. The van der Waals surface area contributed by atoms with Crippen LogP contribution in [0.5, 0.6) is 0 Å². The van der Waals surface area contributed by atoms with Crippen LogP contribution in [0.4, 0.5) is 0 Å². The summed E-state index contributed by atoms with van der Waals surface area (Å²) in [6, 6.07) is 4.08. The largest absolute Gasteiger partial charge is 0.478 e. The van der Waals surface area contributed by atoms with Gasteiger partial charge in [-0.2, -0.15) is 0 Å². The molecule has 0 amide bonds. The number of hydrogen-bond donors (Lipinski definition) is 2. The quantitative estimate of drug-likeness (QED) is 0.805. The van der Waals surface area contributed by atoms with Crippen LogP contribution in [0.2, 0.25) is 0 Å². The van der Waals surface area contributed by atoms with E-state index in [0.29, 0.717) is 10.9 Å². The van der Waals surface area contributed by atoms with Crippen LogP contribution in [0.1, 0.15) is 10.4 Å². The molecule has 0 saturated heterocycles. The summed E-state index contributed by atoms with van der Waals surface area (Å²) in [5, 5.41) is 9.13. The van der Waals surface area contributed by atoms with E-state index in [0.717, 1.165) is 0 Å². The number of rotatable bonds is 2. The number of carbonyl (C=O) groups is 1. The van der Waals surface area contributed by atoms with Gasteiger partial charge in [0.25, 0.3) is 9.05 Å². The highest BCUT2D eigenvalue weighted by Crippen LogP contribution is 2.26. The van der Waals surface area contributed by atoms with Gasteiger partial charge in [-0.15, -0.1) is 0 Å². The number of aromatic nitrogens is 1. The Kier molecular flexibility index (Phi) is 2.40. The summed E-state index contributed by atoms with van der Waals surface area (Å²) in [4.78, 5) is 13.3. The van der Waals surface area contributed by atoms with Gasteiger partial charge in [0.2, 0.25) is 0 Å². The Balaban J connectivity index is 2.73. The van der Waals surface area contributed by atoms with Crippen LogP contribution in [0.3, 0.4) is 0 Å². The van der Waals surface area contributed by atoms with Gasteiger partial charge in [0.15, 0.2) is 0 Å². The Morgan fingerprint density at radius 1 is 1.38 bits per heavy atom. The number of hydrogen-bond acceptors (Lipinski definition) is 3. The number of carboxylic acid groups (broad SMARTS) is 1. The lowest BCUT2D eigenvalue weighted by atomic mass is 10.2. The first kappa shape index (κ1) is 11.0. The van der Waals surface area contributed by atoms with Gasteiger partial charge in [0.1, 0.15) is 4.90 Å². The smallest absolute Gasteiger partial charge is 0.335 e. The first-order valence-electron chi connectivity index (χ1n) is 4.18. The second-order valence-corrected chi connectivity index (χ2v) is 5.69. The van der Waals surface area contributed by atoms with Crippen molar-refractivity contribution in [2.75, 3.05) is 0 Å². The first-order valence-corrected chi connectivity index (χ1v) is 6.49. The third-order valence-electron chi connectivity index (χ3n) is 2.15. The summed E-state index contributed by atoms with van der Waals surface area (Å²) in [5.74, 6) is -1.08. The van der Waals surface area contributed by atoms with Crippen molar-refractivity contribution in [2.24, 2.45) is 0 Å². The molecule has 0 spiro atoms. The molecule has 0 fully saturated rings. The second-order valence-electron chi connectivity index (χ2n) is 3.16. The number of aromatic amines is 1. The van der Waals surface area contributed by atoms with Crippen molar-refractivity contribution in [3.8, 4) is 0 Å². The van der Waals surface area contributed by atoms with Crippen molar-refractivity contribution in [2.45, 2.75) is 4.90 Å². The Bertz CT molecular complexity index is 674. The molecule has 0 aliphatic rings. The number of aromatic carboxylic acids is 1. The molecule has 1 aromatic heterocycles. The van der Waals surface area contributed by atoms with Crippen molar-refractivity contribution >= 4 is 36.6 Å². The summed E-state index contributed by atoms with van der Waals surface area (Å²) < 4.78 is 22.3. The molecule has 0 unspecified atom stereocenters. The molecular weight excluding hydrogens is 254 g/mol. The van der Waals surface area contributed by atoms with Gasteiger partial charge in [0, 0.05) is 27.8 Å². The lowest BCUT2D eigenvalue weighted by molar-refractivity contribution is 0.0697. The predicted molar refractivity (Wildman–Crippen MR) is 58.3 cm³/mol. The molecule has 7 heteroatoms. The fourth-order valence-electron chi connectivity index (χ4n) is 1.43. The Labute approximate surface area is 95.1 Å². The van der Waals surface area contributed by atoms with Gasteiger partial charge >= 0.3 is 5.97 Å². The molecule has 1 heterocycles. The van der Waals surface area contributed by atoms with Crippen molar-refractivity contribution in [1.29, 1.82) is 0 Å². The van der Waals surface area contributed by atoms with E-state index in [1.165, 1.54) is 24.4 Å². The minimum atomic E-state index is -3.83. The van der Waals surface area contributed by atoms with Gasteiger partial charge in [-0.1, -0.05) is 6.07 Å². The Morgan fingerprint density at radius 2 is 2.06 bits per heavy atom. The molecule has 0 saturated carbocycles. The van der Waals surface area contributed by atoms with Gasteiger partial charge in [0.05, 0.1) is 5.56 Å². The fourth-order valence-corrected chi connectivity index (χ4v) is 2.46. The molecule has 0 bridgehead atoms. The maximum Gasteiger partial charge on any atom is 0.335 e. The standard InChI is InChI=1S/C9H6ClNO4S/c10-16(14,15)8-4-11-7-3-5(9(12)13)1-2-6(7)8/h1-4,11H,(H,12,13). The van der Waals surface area contributed by atoms with Crippen LogP contribution in [0.15, 0.2) is 29.3 Å². The van der Waals surface area contributed by atoms with Gasteiger partial charge < -0.3 is 10.1 Å². The molecule has 2 aromatic rings. The molecule has 2 N–H and O–H groups in total. The van der Waals surface area contributed by atoms with Crippen molar-refractivity contribution in [3.63, 3.8) is 0 Å². The second kappa shape index (κ2) is 3.50. The van der Waals surface area contributed by atoms with Crippen LogP contribution < -0.4 is 0 Å². The lowest BCUT2D eigenvalue weighted by Gasteiger charge is -1.96. The molecular formula is C9H6ClNO4S. The maximum absolute atomic E-state index is 11.2. The molecule has 0 atom stereocenters. The highest BCUT2D eigenvalue weighted by Gasteiger charge is 2.16. The average Bonchev–Trinajstić information content (AvgIpc) is 2.58. The monoisotopic (exact) mass is 259 g/mol. The predicted octanol–water partition coefficient (Wildman–Crippen LogP) is 1.79. The first-order chi connectivity index (χ1) is 7.39. The third kappa shape index (κ3) is 1.77. The van der Waals surface area contributed by atoms with E-state index in [2.05, 4.69) is 4.98 Å². The number of benzene rings is 1. The van der Waals surface area contributed by atoms with E-state index < -0.39 is 15.0 Å². The number of fused-ring (bicyclic) bond motifs is 1. The Morgan fingerprint density at radius 3 is 2.62 bits per heavy atom. The molecule has 0 aliphatic heterocycles. The van der Waals surface area contributed by atoms with Crippen molar-refractivity contribution in [1.82, 2.24) is 4.98 Å². The van der Waals surface area contributed by atoms with Crippen LogP contribution in [-0.2, 0) is 9.05 Å². The summed E-state index contributed by atoms with van der Waals surface area (Å²) in [6.07, 6.45) is 1.23. The van der Waals surface area contributed by atoms with Crippen LogP contribution in [-0.4, -0.2) is 24.5 Å². The minimum absolute atomic E-state index is 0.0545. The summed E-state index contributed by atoms with van der Waals surface area (Å²) in [5.41, 5.74) is 0.493. The van der Waals surface area contributed by atoms with Crippen LogP contribution >= 0.6 is 10.7 Å². The molecule has 0 radical (unpaired) electrons. The molecule has 0 aliphatic carbocycles. The summed E-state index contributed by atoms with van der Waals surface area (Å²) in [6.45, 7) is 0. The maximum atomic E-state index is 11.2. The Hall–Kier alpha value is -1.53. The number of carboxylic acids is 1. The van der Waals surface area contributed by atoms with Crippen LogP contribution in [0.25, 0.3) is 10.9 Å². The van der Waals surface area contributed by atoms with Crippen LogP contribution in [0, 0.1) is 0 Å². The van der Waals surface area contributed by atoms with Gasteiger partial charge in [-0.3, -0.25) is 0 Å². The van der Waals surface area contributed by atoms with E-state index in [-0.39, 0.29) is 10.5 Å². The zero-order valence-corrected chi connectivity index (χ0v) is 9.34. The number of nitrogens with one attached hydrogen (secondary N) is 1. The zero-order valence-electron chi connectivity index (χ0n) is 7.77. The van der Waals surface area contributed by atoms with E-state index in [4.69, 9.17) is 15.8 Å².